The maximum absolute atomic E-state index is 12.0. The number of primary sulfonamides is 1. The quantitative estimate of drug-likeness (QED) is 0.881. The van der Waals surface area contributed by atoms with Crippen LogP contribution in [0.2, 0.25) is 0 Å². The van der Waals surface area contributed by atoms with Crippen molar-refractivity contribution in [3.63, 3.8) is 0 Å². The van der Waals surface area contributed by atoms with Crippen LogP contribution >= 0.6 is 11.8 Å². The van der Waals surface area contributed by atoms with Crippen molar-refractivity contribution in [2.24, 2.45) is 11.1 Å². The molecule has 0 saturated carbocycles. The van der Waals surface area contributed by atoms with E-state index in [1.165, 1.54) is 6.07 Å². The molecular formula is C12H16N2O3S2. The second kappa shape index (κ2) is 5.52. The summed E-state index contributed by atoms with van der Waals surface area (Å²) in [6, 6.07) is 4.70. The molecule has 7 heteroatoms. The number of hydrogen-bond acceptors (Lipinski definition) is 4. The van der Waals surface area contributed by atoms with Crippen LogP contribution in [0.5, 0.6) is 0 Å². The Balaban J connectivity index is 2.24. The minimum absolute atomic E-state index is 0.00235. The third kappa shape index (κ3) is 3.29. The van der Waals surface area contributed by atoms with E-state index in [1.807, 2.05) is 0 Å². The molecule has 1 fully saturated rings. The Labute approximate surface area is 117 Å². The summed E-state index contributed by atoms with van der Waals surface area (Å²) in [5.41, 5.74) is 0.984. The predicted octanol–water partition coefficient (Wildman–Crippen LogP) is 1.33. The lowest BCUT2D eigenvalue weighted by molar-refractivity contribution is -0.119. The van der Waals surface area contributed by atoms with Crippen molar-refractivity contribution >= 4 is 33.4 Å². The Bertz CT molecular complexity index is 593. The summed E-state index contributed by atoms with van der Waals surface area (Å²) in [4.78, 5) is 12.1. The Hall–Kier alpha value is -1.05. The molecule has 19 heavy (non-hydrogen) atoms. The average Bonchev–Trinajstić information content (AvgIpc) is 2.83. The van der Waals surface area contributed by atoms with Crippen molar-refractivity contribution in [2.75, 3.05) is 16.8 Å². The fraction of sp³-hybridized carbons (Fsp3) is 0.417. The summed E-state index contributed by atoms with van der Waals surface area (Å²) in [6.45, 7) is 1.64. The lowest BCUT2D eigenvalue weighted by atomic mass is 10.1. The van der Waals surface area contributed by atoms with Crippen LogP contribution in [0.3, 0.4) is 0 Å². The van der Waals surface area contributed by atoms with E-state index in [0.717, 1.165) is 17.9 Å². The standard InChI is InChI=1S/C12H16N2O3S2/c1-8-10(3-2-4-11(8)19(13,16)17)14-12(15)9-5-6-18-7-9/h2-4,9H,5-7H2,1H3,(H,14,15)(H2,13,16,17). The molecule has 0 aromatic heterocycles. The molecule has 1 aliphatic heterocycles. The molecular weight excluding hydrogens is 284 g/mol. The second-order valence-electron chi connectivity index (χ2n) is 4.52. The Kier molecular flexibility index (Phi) is 4.17. The number of anilines is 1. The zero-order valence-electron chi connectivity index (χ0n) is 10.5. The van der Waals surface area contributed by atoms with E-state index in [9.17, 15) is 13.2 Å². The van der Waals surface area contributed by atoms with Crippen LogP contribution in [0.4, 0.5) is 5.69 Å². The molecule has 1 aromatic carbocycles. The highest BCUT2D eigenvalue weighted by molar-refractivity contribution is 7.99. The molecule has 0 radical (unpaired) electrons. The van der Waals surface area contributed by atoms with Crippen LogP contribution < -0.4 is 10.5 Å². The molecule has 1 aromatic rings. The van der Waals surface area contributed by atoms with E-state index in [-0.39, 0.29) is 16.7 Å². The highest BCUT2D eigenvalue weighted by Crippen LogP contribution is 2.27. The number of benzene rings is 1. The number of nitrogens with one attached hydrogen (secondary N) is 1. The molecule has 1 saturated heterocycles. The van der Waals surface area contributed by atoms with Gasteiger partial charge >= 0.3 is 0 Å². The van der Waals surface area contributed by atoms with Crippen LogP contribution in [0.25, 0.3) is 0 Å². The summed E-state index contributed by atoms with van der Waals surface area (Å²) >= 11 is 1.76. The molecule has 3 N–H and O–H groups in total. The van der Waals surface area contributed by atoms with Crippen LogP contribution in [0.1, 0.15) is 12.0 Å². The SMILES string of the molecule is Cc1c(NC(=O)C2CCSC2)cccc1S(N)(=O)=O. The first-order valence-corrected chi connectivity index (χ1v) is 8.60. The monoisotopic (exact) mass is 300 g/mol. The van der Waals surface area contributed by atoms with E-state index in [4.69, 9.17) is 5.14 Å². The number of hydrogen-bond donors (Lipinski definition) is 2. The van der Waals surface area contributed by atoms with Crippen molar-refractivity contribution in [1.29, 1.82) is 0 Å². The average molecular weight is 300 g/mol. The topological polar surface area (TPSA) is 89.3 Å². The largest absolute Gasteiger partial charge is 0.326 e. The molecule has 2 rings (SSSR count). The van der Waals surface area contributed by atoms with Gasteiger partial charge in [0.05, 0.1) is 4.90 Å². The molecule has 0 spiro atoms. The minimum atomic E-state index is -3.77. The molecule has 0 bridgehead atoms. The maximum atomic E-state index is 12.0. The van der Waals surface area contributed by atoms with E-state index in [2.05, 4.69) is 5.32 Å². The van der Waals surface area contributed by atoms with Crippen LogP contribution in [0.15, 0.2) is 23.1 Å². The molecule has 1 aliphatic rings. The van der Waals surface area contributed by atoms with E-state index >= 15 is 0 Å². The van der Waals surface area contributed by atoms with Crippen molar-refractivity contribution < 1.29 is 13.2 Å². The molecule has 0 aliphatic carbocycles. The highest BCUT2D eigenvalue weighted by Gasteiger charge is 2.24. The summed E-state index contributed by atoms with van der Waals surface area (Å²) in [5.74, 6) is 1.76. The summed E-state index contributed by atoms with van der Waals surface area (Å²) in [6.07, 6.45) is 0.866. The zero-order chi connectivity index (χ0) is 14.0. The lowest BCUT2D eigenvalue weighted by Crippen LogP contribution is -2.23. The number of carbonyl (C=O) groups excluding carboxylic acids is 1. The molecule has 1 unspecified atom stereocenters. The van der Waals surface area contributed by atoms with Crippen LogP contribution in [-0.2, 0) is 14.8 Å². The van der Waals surface area contributed by atoms with Gasteiger partial charge in [-0.05, 0) is 36.8 Å². The van der Waals surface area contributed by atoms with Gasteiger partial charge in [-0.25, -0.2) is 13.6 Å². The fourth-order valence-corrected chi connectivity index (χ4v) is 4.06. The van der Waals surface area contributed by atoms with Gasteiger partial charge in [0, 0.05) is 17.4 Å². The first-order chi connectivity index (χ1) is 8.89. The normalized spacial score (nSPS) is 19.4. The van der Waals surface area contributed by atoms with Crippen molar-refractivity contribution in [3.05, 3.63) is 23.8 Å². The summed E-state index contributed by atoms with van der Waals surface area (Å²) in [7, 11) is -3.77. The van der Waals surface area contributed by atoms with E-state index in [1.54, 1.807) is 30.8 Å². The lowest BCUT2D eigenvalue weighted by Gasteiger charge is -2.13. The van der Waals surface area contributed by atoms with Gasteiger partial charge in [0.1, 0.15) is 0 Å². The Morgan fingerprint density at radius 2 is 2.21 bits per heavy atom. The van der Waals surface area contributed by atoms with Gasteiger partial charge in [-0.1, -0.05) is 6.07 Å². The number of rotatable bonds is 3. The smallest absolute Gasteiger partial charge is 0.238 e. The first kappa shape index (κ1) is 14.4. The van der Waals surface area contributed by atoms with Gasteiger partial charge < -0.3 is 5.32 Å². The minimum Gasteiger partial charge on any atom is -0.326 e. The molecule has 104 valence electrons. The second-order valence-corrected chi connectivity index (χ2v) is 7.20. The first-order valence-electron chi connectivity index (χ1n) is 5.90. The van der Waals surface area contributed by atoms with E-state index in [0.29, 0.717) is 11.3 Å². The van der Waals surface area contributed by atoms with Gasteiger partial charge in [-0.3, -0.25) is 4.79 Å². The van der Waals surface area contributed by atoms with Gasteiger partial charge in [0.25, 0.3) is 0 Å². The summed E-state index contributed by atoms with van der Waals surface area (Å²) < 4.78 is 22.8. The van der Waals surface area contributed by atoms with Crippen LogP contribution in [-0.4, -0.2) is 25.8 Å². The fourth-order valence-electron chi connectivity index (χ4n) is 2.03. The number of sulfonamides is 1. The maximum Gasteiger partial charge on any atom is 0.238 e. The Morgan fingerprint density at radius 1 is 1.47 bits per heavy atom. The summed E-state index contributed by atoms with van der Waals surface area (Å²) in [5, 5.41) is 7.93. The van der Waals surface area contributed by atoms with Crippen molar-refractivity contribution in [3.8, 4) is 0 Å². The van der Waals surface area contributed by atoms with E-state index < -0.39 is 10.0 Å². The molecule has 1 atom stereocenters. The molecule has 1 heterocycles. The number of carbonyl (C=O) groups is 1. The van der Waals surface area contributed by atoms with Gasteiger partial charge in [0.15, 0.2) is 0 Å². The number of thioether (sulfide) groups is 1. The van der Waals surface area contributed by atoms with Crippen molar-refractivity contribution in [2.45, 2.75) is 18.2 Å². The highest BCUT2D eigenvalue weighted by atomic mass is 32.2. The number of nitrogens with two attached hydrogens (primary N) is 1. The molecule has 1 amide bonds. The number of amides is 1. The van der Waals surface area contributed by atoms with Gasteiger partial charge in [0.2, 0.25) is 15.9 Å². The van der Waals surface area contributed by atoms with Gasteiger partial charge in [-0.2, -0.15) is 11.8 Å². The Morgan fingerprint density at radius 3 is 2.79 bits per heavy atom. The van der Waals surface area contributed by atoms with Crippen LogP contribution in [0, 0.1) is 12.8 Å². The third-order valence-corrected chi connectivity index (χ3v) is 5.37. The zero-order valence-corrected chi connectivity index (χ0v) is 12.2. The van der Waals surface area contributed by atoms with Gasteiger partial charge in [-0.15, -0.1) is 0 Å². The predicted molar refractivity (Wildman–Crippen MR) is 76.6 cm³/mol. The van der Waals surface area contributed by atoms with Crippen molar-refractivity contribution in [1.82, 2.24) is 0 Å². The molecule has 5 nitrogen and oxygen atoms in total. The third-order valence-electron chi connectivity index (χ3n) is 3.15.